The van der Waals surface area contributed by atoms with Gasteiger partial charge in [-0.3, -0.25) is 0 Å². The lowest BCUT2D eigenvalue weighted by atomic mass is 10.6. The van der Waals surface area contributed by atoms with Crippen molar-refractivity contribution in [3.63, 3.8) is 0 Å². The summed E-state index contributed by atoms with van der Waals surface area (Å²) >= 11 is 1.06. The predicted molar refractivity (Wildman–Crippen MR) is 56.3 cm³/mol. The molecule has 0 saturated heterocycles. The Balaban J connectivity index is 2.33. The summed E-state index contributed by atoms with van der Waals surface area (Å²) in [5.41, 5.74) is 5.38. The molecule has 0 aliphatic rings. The summed E-state index contributed by atoms with van der Waals surface area (Å²) in [5, 5.41) is 8.44. The summed E-state index contributed by atoms with van der Waals surface area (Å²) < 4.78 is 15.1. The highest BCUT2D eigenvalue weighted by Gasteiger charge is 2.12. The maximum Gasteiger partial charge on any atom is 0.221 e. The van der Waals surface area contributed by atoms with Crippen molar-refractivity contribution >= 4 is 17.7 Å². The SMILES string of the molecule is Cc1nnc(Sc2nc(N)ncc2F)n1C. The molecule has 6 nitrogen and oxygen atoms in total. The molecular weight excluding hydrogens is 231 g/mol. The third kappa shape index (κ3) is 1.96. The molecule has 8 heteroatoms. The zero-order valence-electron chi connectivity index (χ0n) is 8.68. The summed E-state index contributed by atoms with van der Waals surface area (Å²) in [6.45, 7) is 1.81. The standard InChI is InChI=1S/C8H9FN6S/c1-4-13-14-8(15(4)2)16-6-5(9)3-11-7(10)12-6/h3H,1-2H3,(H2,10,11,12). The van der Waals surface area contributed by atoms with Gasteiger partial charge in [0, 0.05) is 7.05 Å². The molecule has 0 aromatic carbocycles. The minimum Gasteiger partial charge on any atom is -0.368 e. The molecule has 0 aliphatic heterocycles. The lowest BCUT2D eigenvalue weighted by molar-refractivity contribution is 0.579. The second-order valence-electron chi connectivity index (χ2n) is 3.07. The maximum absolute atomic E-state index is 13.3. The lowest BCUT2D eigenvalue weighted by Crippen LogP contribution is -1.99. The van der Waals surface area contributed by atoms with Crippen molar-refractivity contribution in [2.75, 3.05) is 5.73 Å². The van der Waals surface area contributed by atoms with Gasteiger partial charge in [0.1, 0.15) is 10.9 Å². The summed E-state index contributed by atoms with van der Waals surface area (Å²) in [7, 11) is 1.79. The third-order valence-electron chi connectivity index (χ3n) is 1.97. The highest BCUT2D eigenvalue weighted by molar-refractivity contribution is 7.99. The van der Waals surface area contributed by atoms with Gasteiger partial charge in [-0.2, -0.15) is 0 Å². The van der Waals surface area contributed by atoms with Crippen LogP contribution in [0.15, 0.2) is 16.4 Å². The molecule has 0 fully saturated rings. The number of halogens is 1. The van der Waals surface area contributed by atoms with Gasteiger partial charge in [-0.1, -0.05) is 0 Å². The van der Waals surface area contributed by atoms with Gasteiger partial charge in [0.15, 0.2) is 11.0 Å². The first kappa shape index (κ1) is 10.8. The van der Waals surface area contributed by atoms with E-state index in [2.05, 4.69) is 20.2 Å². The van der Waals surface area contributed by atoms with E-state index in [1.165, 1.54) is 0 Å². The molecule has 0 spiro atoms. The van der Waals surface area contributed by atoms with Crippen LogP contribution in [0.25, 0.3) is 0 Å². The van der Waals surface area contributed by atoms with Crippen molar-refractivity contribution in [2.24, 2.45) is 7.05 Å². The van der Waals surface area contributed by atoms with Gasteiger partial charge in [-0.25, -0.2) is 14.4 Å². The Bertz CT molecular complexity index is 525. The van der Waals surface area contributed by atoms with E-state index in [1.54, 1.807) is 11.6 Å². The van der Waals surface area contributed by atoms with E-state index < -0.39 is 5.82 Å². The van der Waals surface area contributed by atoms with Crippen molar-refractivity contribution in [2.45, 2.75) is 17.1 Å². The van der Waals surface area contributed by atoms with Gasteiger partial charge in [0.05, 0.1) is 6.20 Å². The van der Waals surface area contributed by atoms with Crippen LogP contribution in [0.2, 0.25) is 0 Å². The molecule has 0 unspecified atom stereocenters. The fourth-order valence-corrected chi connectivity index (χ4v) is 1.81. The third-order valence-corrected chi connectivity index (χ3v) is 2.99. The lowest BCUT2D eigenvalue weighted by Gasteiger charge is -2.02. The first-order valence-corrected chi connectivity index (χ1v) is 5.21. The summed E-state index contributed by atoms with van der Waals surface area (Å²) in [6, 6.07) is 0. The fourth-order valence-electron chi connectivity index (χ4n) is 0.999. The molecule has 2 heterocycles. The quantitative estimate of drug-likeness (QED) is 0.781. The Labute approximate surface area is 95.1 Å². The molecule has 2 aromatic heterocycles. The number of hydrogen-bond acceptors (Lipinski definition) is 6. The Hall–Kier alpha value is -1.70. The summed E-state index contributed by atoms with van der Waals surface area (Å²) in [4.78, 5) is 7.34. The van der Waals surface area contributed by atoms with Gasteiger partial charge in [-0.05, 0) is 18.7 Å². The van der Waals surface area contributed by atoms with Crippen molar-refractivity contribution in [3.8, 4) is 0 Å². The van der Waals surface area contributed by atoms with Gasteiger partial charge in [0.2, 0.25) is 5.95 Å². The molecule has 84 valence electrons. The summed E-state index contributed by atoms with van der Waals surface area (Å²) in [6.07, 6.45) is 1.04. The van der Waals surface area contributed by atoms with E-state index in [0.717, 1.165) is 23.8 Å². The molecular formula is C8H9FN6S. The van der Waals surface area contributed by atoms with Gasteiger partial charge < -0.3 is 10.3 Å². The van der Waals surface area contributed by atoms with Gasteiger partial charge in [-0.15, -0.1) is 10.2 Å². The minimum atomic E-state index is -0.528. The average Bonchev–Trinajstić information content (AvgIpc) is 2.55. The van der Waals surface area contributed by atoms with Gasteiger partial charge in [0.25, 0.3) is 0 Å². The molecule has 0 atom stereocenters. The number of nitrogens with two attached hydrogens (primary N) is 1. The zero-order valence-corrected chi connectivity index (χ0v) is 9.49. The first-order valence-electron chi connectivity index (χ1n) is 4.40. The molecule has 0 radical (unpaired) electrons. The number of nitrogen functional groups attached to an aromatic ring is 1. The van der Waals surface area contributed by atoms with Gasteiger partial charge >= 0.3 is 0 Å². The topological polar surface area (TPSA) is 82.5 Å². The van der Waals surface area contributed by atoms with Crippen molar-refractivity contribution < 1.29 is 4.39 Å². The van der Waals surface area contributed by atoms with E-state index in [1.807, 2.05) is 6.92 Å². The second kappa shape index (κ2) is 4.05. The molecule has 16 heavy (non-hydrogen) atoms. The highest BCUT2D eigenvalue weighted by atomic mass is 32.2. The second-order valence-corrected chi connectivity index (χ2v) is 4.03. The molecule has 0 saturated carbocycles. The smallest absolute Gasteiger partial charge is 0.221 e. The monoisotopic (exact) mass is 240 g/mol. The number of aromatic nitrogens is 5. The van der Waals surface area contributed by atoms with Crippen molar-refractivity contribution in [1.82, 2.24) is 24.7 Å². The summed E-state index contributed by atoms with van der Waals surface area (Å²) in [5.74, 6) is 0.243. The molecule has 2 rings (SSSR count). The molecule has 2 aromatic rings. The van der Waals surface area contributed by atoms with E-state index in [-0.39, 0.29) is 11.0 Å². The average molecular weight is 240 g/mol. The van der Waals surface area contributed by atoms with Crippen LogP contribution in [0.3, 0.4) is 0 Å². The van der Waals surface area contributed by atoms with Crippen molar-refractivity contribution in [1.29, 1.82) is 0 Å². The van der Waals surface area contributed by atoms with Crippen LogP contribution in [0, 0.1) is 12.7 Å². The molecule has 0 bridgehead atoms. The molecule has 0 amide bonds. The number of aryl methyl sites for hydroxylation is 1. The number of anilines is 1. The zero-order chi connectivity index (χ0) is 11.7. The number of nitrogens with zero attached hydrogens (tertiary/aromatic N) is 5. The van der Waals surface area contributed by atoms with Crippen LogP contribution in [-0.2, 0) is 7.05 Å². The van der Waals surface area contributed by atoms with Crippen LogP contribution >= 0.6 is 11.8 Å². The Morgan fingerprint density at radius 2 is 2.19 bits per heavy atom. The largest absolute Gasteiger partial charge is 0.368 e. The minimum absolute atomic E-state index is 0.0304. The van der Waals surface area contributed by atoms with Crippen LogP contribution in [0.1, 0.15) is 5.82 Å². The first-order chi connectivity index (χ1) is 7.58. The van der Waals surface area contributed by atoms with E-state index in [0.29, 0.717) is 5.16 Å². The highest BCUT2D eigenvalue weighted by Crippen LogP contribution is 2.26. The Morgan fingerprint density at radius 3 is 2.81 bits per heavy atom. The van der Waals surface area contributed by atoms with Crippen molar-refractivity contribution in [3.05, 3.63) is 17.8 Å². The van der Waals surface area contributed by atoms with E-state index in [9.17, 15) is 4.39 Å². The Morgan fingerprint density at radius 1 is 1.44 bits per heavy atom. The fraction of sp³-hybridized carbons (Fsp3) is 0.250. The molecule has 0 aliphatic carbocycles. The number of hydrogen-bond donors (Lipinski definition) is 1. The van der Waals surface area contributed by atoms with Crippen LogP contribution < -0.4 is 5.73 Å². The van der Waals surface area contributed by atoms with Crippen LogP contribution in [-0.4, -0.2) is 24.7 Å². The molecule has 2 N–H and O–H groups in total. The predicted octanol–water partition coefficient (Wildman–Crippen LogP) is 0.786. The van der Waals surface area contributed by atoms with E-state index >= 15 is 0 Å². The maximum atomic E-state index is 13.3. The Kier molecular flexibility index (Phi) is 2.73. The number of rotatable bonds is 2. The normalized spacial score (nSPS) is 10.7. The van der Waals surface area contributed by atoms with Crippen LogP contribution in [0.5, 0.6) is 0 Å². The van der Waals surface area contributed by atoms with Crippen LogP contribution in [0.4, 0.5) is 10.3 Å². The van der Waals surface area contributed by atoms with E-state index in [4.69, 9.17) is 5.73 Å².